The van der Waals surface area contributed by atoms with Gasteiger partial charge in [0.1, 0.15) is 0 Å². The summed E-state index contributed by atoms with van der Waals surface area (Å²) in [4.78, 5) is 6.81. The molecule has 1 aromatic heterocycles. The van der Waals surface area contributed by atoms with Gasteiger partial charge in [-0.25, -0.2) is 4.98 Å². The predicted octanol–water partition coefficient (Wildman–Crippen LogP) is 3.06. The standard InChI is InChI=1S/C17H27N3O/c1-4-6-13(2)14(3)19-16-7-5-10-18-17(16)20-11-8-15(21)9-12-20/h4-5,7,10,13-15,19,21H,1,6,8-9,11-12H2,2-3H3. The third-order valence-corrected chi connectivity index (χ3v) is 4.33. The van der Waals surface area contributed by atoms with E-state index in [0.29, 0.717) is 12.0 Å². The molecule has 0 saturated carbocycles. The number of anilines is 2. The van der Waals surface area contributed by atoms with Gasteiger partial charge in [0.25, 0.3) is 0 Å². The lowest BCUT2D eigenvalue weighted by molar-refractivity contribution is 0.145. The Morgan fingerprint density at radius 1 is 1.48 bits per heavy atom. The first kappa shape index (κ1) is 15.8. The SMILES string of the molecule is C=CCC(C)C(C)Nc1cccnc1N1CCC(O)CC1. The average Bonchev–Trinajstić information content (AvgIpc) is 2.49. The van der Waals surface area contributed by atoms with E-state index in [1.807, 2.05) is 18.3 Å². The minimum atomic E-state index is -0.159. The van der Waals surface area contributed by atoms with Crippen LogP contribution in [-0.2, 0) is 0 Å². The van der Waals surface area contributed by atoms with Gasteiger partial charge in [-0.1, -0.05) is 13.0 Å². The molecule has 2 N–H and O–H groups in total. The van der Waals surface area contributed by atoms with Gasteiger partial charge in [0.2, 0.25) is 0 Å². The fraction of sp³-hybridized carbons (Fsp3) is 0.588. The zero-order valence-corrected chi connectivity index (χ0v) is 13.1. The number of hydrogen-bond acceptors (Lipinski definition) is 4. The molecule has 4 heteroatoms. The summed E-state index contributed by atoms with van der Waals surface area (Å²) in [5.41, 5.74) is 1.08. The van der Waals surface area contributed by atoms with Crippen molar-refractivity contribution in [1.82, 2.24) is 4.98 Å². The number of piperidine rings is 1. The molecular formula is C17H27N3O. The number of allylic oxidation sites excluding steroid dienone is 1. The fourth-order valence-corrected chi connectivity index (χ4v) is 2.69. The van der Waals surface area contributed by atoms with Crippen LogP contribution in [0.4, 0.5) is 11.5 Å². The molecular weight excluding hydrogens is 262 g/mol. The number of hydrogen-bond donors (Lipinski definition) is 2. The van der Waals surface area contributed by atoms with Gasteiger partial charge in [-0.15, -0.1) is 6.58 Å². The number of rotatable bonds is 6. The Bertz CT molecular complexity index is 455. The highest BCUT2D eigenvalue weighted by atomic mass is 16.3. The normalized spacial score (nSPS) is 19.1. The van der Waals surface area contributed by atoms with Gasteiger partial charge in [-0.05, 0) is 44.2 Å². The molecule has 1 fully saturated rings. The number of pyridine rings is 1. The molecule has 0 spiro atoms. The molecule has 1 aliphatic rings. The Morgan fingerprint density at radius 3 is 2.86 bits per heavy atom. The summed E-state index contributed by atoms with van der Waals surface area (Å²) in [5.74, 6) is 1.53. The summed E-state index contributed by atoms with van der Waals surface area (Å²) in [6, 6.07) is 4.42. The van der Waals surface area contributed by atoms with Gasteiger partial charge in [0, 0.05) is 25.3 Å². The monoisotopic (exact) mass is 289 g/mol. The number of aliphatic hydroxyl groups is 1. The maximum atomic E-state index is 9.65. The molecule has 1 aromatic rings. The van der Waals surface area contributed by atoms with Gasteiger partial charge in [-0.2, -0.15) is 0 Å². The van der Waals surface area contributed by atoms with Gasteiger partial charge in [0.05, 0.1) is 11.8 Å². The maximum Gasteiger partial charge on any atom is 0.151 e. The van der Waals surface area contributed by atoms with Crippen molar-refractivity contribution < 1.29 is 5.11 Å². The van der Waals surface area contributed by atoms with Crippen molar-refractivity contribution in [3.05, 3.63) is 31.0 Å². The van der Waals surface area contributed by atoms with E-state index < -0.39 is 0 Å². The molecule has 0 amide bonds. The molecule has 1 saturated heterocycles. The van der Waals surface area contributed by atoms with E-state index in [9.17, 15) is 5.11 Å². The Balaban J connectivity index is 2.08. The van der Waals surface area contributed by atoms with Crippen molar-refractivity contribution in [1.29, 1.82) is 0 Å². The highest BCUT2D eigenvalue weighted by molar-refractivity contribution is 5.66. The van der Waals surface area contributed by atoms with Gasteiger partial charge in [0.15, 0.2) is 5.82 Å². The molecule has 0 radical (unpaired) electrons. The first-order chi connectivity index (χ1) is 10.1. The lowest BCUT2D eigenvalue weighted by atomic mass is 9.99. The van der Waals surface area contributed by atoms with Crippen LogP contribution in [0.3, 0.4) is 0 Å². The number of nitrogens with zero attached hydrogens (tertiary/aromatic N) is 2. The molecule has 2 unspecified atom stereocenters. The molecule has 1 aliphatic heterocycles. The average molecular weight is 289 g/mol. The van der Waals surface area contributed by atoms with E-state index in [1.54, 1.807) is 0 Å². The van der Waals surface area contributed by atoms with E-state index in [1.165, 1.54) is 0 Å². The second-order valence-electron chi connectivity index (χ2n) is 6.03. The van der Waals surface area contributed by atoms with Gasteiger partial charge < -0.3 is 15.3 Å². The summed E-state index contributed by atoms with van der Waals surface area (Å²) in [5, 5.41) is 13.2. The molecule has 2 atom stereocenters. The Kier molecular flexibility index (Phi) is 5.62. The summed E-state index contributed by atoms with van der Waals surface area (Å²) in [6.45, 7) is 9.97. The van der Waals surface area contributed by atoms with Crippen molar-refractivity contribution in [2.24, 2.45) is 5.92 Å². The second kappa shape index (κ2) is 7.46. The smallest absolute Gasteiger partial charge is 0.151 e. The number of aromatic nitrogens is 1. The van der Waals surface area contributed by atoms with Crippen molar-refractivity contribution in [3.8, 4) is 0 Å². The van der Waals surface area contributed by atoms with Crippen LogP contribution < -0.4 is 10.2 Å². The summed E-state index contributed by atoms with van der Waals surface area (Å²) >= 11 is 0. The minimum Gasteiger partial charge on any atom is -0.393 e. The van der Waals surface area contributed by atoms with Gasteiger partial charge in [-0.3, -0.25) is 0 Å². The van der Waals surface area contributed by atoms with Crippen LogP contribution in [0.2, 0.25) is 0 Å². The van der Waals surface area contributed by atoms with Crippen LogP contribution in [-0.4, -0.2) is 35.3 Å². The summed E-state index contributed by atoms with van der Waals surface area (Å²) in [6.07, 6.45) is 6.28. The minimum absolute atomic E-state index is 0.159. The molecule has 4 nitrogen and oxygen atoms in total. The predicted molar refractivity (Wildman–Crippen MR) is 88.8 cm³/mol. The van der Waals surface area contributed by atoms with Crippen LogP contribution in [0.1, 0.15) is 33.1 Å². The van der Waals surface area contributed by atoms with Crippen LogP contribution in [0.5, 0.6) is 0 Å². The van der Waals surface area contributed by atoms with Crippen LogP contribution >= 0.6 is 0 Å². The second-order valence-corrected chi connectivity index (χ2v) is 6.03. The third kappa shape index (κ3) is 4.21. The quantitative estimate of drug-likeness (QED) is 0.790. The lowest BCUT2D eigenvalue weighted by Gasteiger charge is -2.32. The van der Waals surface area contributed by atoms with Crippen molar-refractivity contribution in [3.63, 3.8) is 0 Å². The van der Waals surface area contributed by atoms with Crippen LogP contribution in [0, 0.1) is 5.92 Å². The molecule has 116 valence electrons. The molecule has 0 aromatic carbocycles. The number of aliphatic hydroxyl groups excluding tert-OH is 1. The molecule has 21 heavy (non-hydrogen) atoms. The largest absolute Gasteiger partial charge is 0.393 e. The topological polar surface area (TPSA) is 48.4 Å². The Hall–Kier alpha value is -1.55. The number of nitrogens with one attached hydrogen (secondary N) is 1. The first-order valence-electron chi connectivity index (χ1n) is 7.87. The third-order valence-electron chi connectivity index (χ3n) is 4.33. The van der Waals surface area contributed by atoms with E-state index in [2.05, 4.69) is 41.7 Å². The van der Waals surface area contributed by atoms with E-state index in [-0.39, 0.29) is 6.10 Å². The molecule has 2 heterocycles. The van der Waals surface area contributed by atoms with Crippen molar-refractivity contribution in [2.75, 3.05) is 23.3 Å². The van der Waals surface area contributed by atoms with Crippen LogP contribution in [0.25, 0.3) is 0 Å². The highest BCUT2D eigenvalue weighted by Gasteiger charge is 2.21. The zero-order chi connectivity index (χ0) is 15.2. The first-order valence-corrected chi connectivity index (χ1v) is 7.87. The molecule has 0 aliphatic carbocycles. The van der Waals surface area contributed by atoms with E-state index in [4.69, 9.17) is 0 Å². The Labute approximate surface area is 127 Å². The van der Waals surface area contributed by atoms with Gasteiger partial charge >= 0.3 is 0 Å². The zero-order valence-electron chi connectivity index (χ0n) is 13.1. The molecule has 2 rings (SSSR count). The van der Waals surface area contributed by atoms with E-state index >= 15 is 0 Å². The van der Waals surface area contributed by atoms with E-state index in [0.717, 1.165) is 43.9 Å². The van der Waals surface area contributed by atoms with Crippen LogP contribution in [0.15, 0.2) is 31.0 Å². The van der Waals surface area contributed by atoms with Crippen molar-refractivity contribution >= 4 is 11.5 Å². The fourth-order valence-electron chi connectivity index (χ4n) is 2.69. The lowest BCUT2D eigenvalue weighted by Crippen LogP contribution is -2.37. The summed E-state index contributed by atoms with van der Waals surface area (Å²) < 4.78 is 0. The van der Waals surface area contributed by atoms with Crippen molar-refractivity contribution in [2.45, 2.75) is 45.3 Å². The highest BCUT2D eigenvalue weighted by Crippen LogP contribution is 2.27. The summed E-state index contributed by atoms with van der Waals surface area (Å²) in [7, 11) is 0. The Morgan fingerprint density at radius 2 is 2.19 bits per heavy atom. The molecule has 0 bridgehead atoms. The maximum absolute atomic E-state index is 9.65.